The zero-order chi connectivity index (χ0) is 11.5. The van der Waals surface area contributed by atoms with Crippen LogP contribution in [-0.4, -0.2) is 24.3 Å². The number of aromatic carboxylic acids is 1. The Hall–Kier alpha value is -1.71. The van der Waals surface area contributed by atoms with Crippen LogP contribution in [0.25, 0.3) is 0 Å². The number of benzene rings is 1. The van der Waals surface area contributed by atoms with Gasteiger partial charge in [-0.15, -0.1) is 0 Å². The summed E-state index contributed by atoms with van der Waals surface area (Å²) < 4.78 is 11.1. The number of carbonyl (C=O) groups is 1. The largest absolute Gasteiger partial charge is 0.490 e. The van der Waals surface area contributed by atoms with Gasteiger partial charge in [0.1, 0.15) is 0 Å². The zero-order valence-electron chi connectivity index (χ0n) is 9.16. The molecule has 1 heterocycles. The van der Waals surface area contributed by atoms with Crippen molar-refractivity contribution < 1.29 is 19.4 Å². The molecule has 0 radical (unpaired) electrons. The van der Waals surface area contributed by atoms with Gasteiger partial charge in [-0.25, -0.2) is 4.79 Å². The van der Waals surface area contributed by atoms with Gasteiger partial charge in [-0.2, -0.15) is 0 Å². The third-order valence-corrected chi connectivity index (χ3v) is 2.60. The predicted molar refractivity (Wildman–Crippen MR) is 58.4 cm³/mol. The van der Waals surface area contributed by atoms with Crippen molar-refractivity contribution in [2.75, 3.05) is 13.2 Å². The minimum Gasteiger partial charge on any atom is -0.490 e. The van der Waals surface area contributed by atoms with Gasteiger partial charge in [-0.1, -0.05) is 6.92 Å². The van der Waals surface area contributed by atoms with Crippen LogP contribution in [-0.2, 0) is 6.42 Å². The van der Waals surface area contributed by atoms with Gasteiger partial charge >= 0.3 is 5.97 Å². The van der Waals surface area contributed by atoms with Crippen LogP contribution >= 0.6 is 0 Å². The third kappa shape index (κ3) is 1.83. The quantitative estimate of drug-likeness (QED) is 0.832. The number of hydrogen-bond donors (Lipinski definition) is 1. The van der Waals surface area contributed by atoms with E-state index in [0.717, 1.165) is 6.42 Å². The molecule has 0 bridgehead atoms. The molecule has 4 heteroatoms. The normalized spacial score (nSPS) is 14.3. The Balaban J connectivity index is 2.54. The van der Waals surface area contributed by atoms with E-state index in [2.05, 4.69) is 0 Å². The molecule has 4 nitrogen and oxygen atoms in total. The molecule has 0 atom stereocenters. The smallest absolute Gasteiger partial charge is 0.336 e. The van der Waals surface area contributed by atoms with E-state index in [1.165, 1.54) is 0 Å². The van der Waals surface area contributed by atoms with E-state index in [4.69, 9.17) is 14.6 Å². The van der Waals surface area contributed by atoms with E-state index < -0.39 is 5.97 Å². The van der Waals surface area contributed by atoms with Crippen LogP contribution < -0.4 is 9.47 Å². The first-order chi connectivity index (χ1) is 7.74. The number of hydrogen-bond acceptors (Lipinski definition) is 3. The molecule has 16 heavy (non-hydrogen) atoms. The molecule has 0 saturated heterocycles. The summed E-state index contributed by atoms with van der Waals surface area (Å²) in [5, 5.41) is 9.07. The molecule has 1 aliphatic rings. The van der Waals surface area contributed by atoms with Crippen molar-refractivity contribution in [3.8, 4) is 11.5 Å². The van der Waals surface area contributed by atoms with E-state index in [9.17, 15) is 4.79 Å². The summed E-state index contributed by atoms with van der Waals surface area (Å²) in [4.78, 5) is 11.1. The number of rotatable bonds is 2. The van der Waals surface area contributed by atoms with Gasteiger partial charge in [0, 0.05) is 12.0 Å². The van der Waals surface area contributed by atoms with Crippen LogP contribution in [0.4, 0.5) is 0 Å². The zero-order valence-corrected chi connectivity index (χ0v) is 9.16. The molecule has 1 aromatic rings. The van der Waals surface area contributed by atoms with E-state index in [-0.39, 0.29) is 0 Å². The summed E-state index contributed by atoms with van der Waals surface area (Å²) in [6.45, 7) is 3.10. The summed E-state index contributed by atoms with van der Waals surface area (Å²) in [5.74, 6) is 0.326. The fourth-order valence-electron chi connectivity index (χ4n) is 1.84. The van der Waals surface area contributed by atoms with E-state index in [1.54, 1.807) is 12.1 Å². The molecule has 0 aromatic heterocycles. The molecule has 2 rings (SSSR count). The average molecular weight is 222 g/mol. The van der Waals surface area contributed by atoms with Gasteiger partial charge in [-0.3, -0.25) is 0 Å². The predicted octanol–water partition coefficient (Wildman–Crippen LogP) is 2.11. The highest BCUT2D eigenvalue weighted by atomic mass is 16.5. The Kier molecular flexibility index (Phi) is 2.99. The first-order valence-corrected chi connectivity index (χ1v) is 5.38. The van der Waals surface area contributed by atoms with Gasteiger partial charge in [-0.05, 0) is 18.6 Å². The molecule has 0 amide bonds. The summed E-state index contributed by atoms with van der Waals surface area (Å²) in [5.41, 5.74) is 1.01. The summed E-state index contributed by atoms with van der Waals surface area (Å²) in [6, 6.07) is 3.25. The Morgan fingerprint density at radius 2 is 2.12 bits per heavy atom. The van der Waals surface area contributed by atoms with E-state index >= 15 is 0 Å². The van der Waals surface area contributed by atoms with Crippen molar-refractivity contribution in [1.82, 2.24) is 0 Å². The maximum atomic E-state index is 11.1. The molecule has 86 valence electrons. The molecule has 0 fully saturated rings. The molecule has 1 aliphatic heterocycles. The average Bonchev–Trinajstić information content (AvgIpc) is 2.52. The van der Waals surface area contributed by atoms with Crippen LogP contribution in [0.5, 0.6) is 11.5 Å². The Bertz CT molecular complexity index is 412. The van der Waals surface area contributed by atoms with Crippen molar-refractivity contribution in [3.05, 3.63) is 23.3 Å². The Labute approximate surface area is 93.8 Å². The molecule has 1 N–H and O–H groups in total. The highest BCUT2D eigenvalue weighted by molar-refractivity contribution is 5.90. The highest BCUT2D eigenvalue weighted by Crippen LogP contribution is 2.35. The number of carboxylic acids is 1. The van der Waals surface area contributed by atoms with Crippen molar-refractivity contribution in [2.24, 2.45) is 0 Å². The standard InChI is InChI=1S/C12H14O4/c1-2-8-9(12(13)14)4-5-10-11(8)16-7-3-6-15-10/h4-5H,2-3,6-7H2,1H3,(H,13,14). The van der Waals surface area contributed by atoms with E-state index in [0.29, 0.717) is 42.3 Å². The fraction of sp³-hybridized carbons (Fsp3) is 0.417. The first-order valence-electron chi connectivity index (χ1n) is 5.38. The molecular weight excluding hydrogens is 208 g/mol. The summed E-state index contributed by atoms with van der Waals surface area (Å²) in [6.07, 6.45) is 1.44. The van der Waals surface area contributed by atoms with Crippen molar-refractivity contribution in [3.63, 3.8) is 0 Å². The molecule has 0 aliphatic carbocycles. The van der Waals surface area contributed by atoms with Gasteiger partial charge in [0.15, 0.2) is 11.5 Å². The summed E-state index contributed by atoms with van der Waals surface area (Å²) in [7, 11) is 0. The van der Waals surface area contributed by atoms with Gasteiger partial charge in [0.25, 0.3) is 0 Å². The Morgan fingerprint density at radius 1 is 1.38 bits per heavy atom. The third-order valence-electron chi connectivity index (χ3n) is 2.60. The number of ether oxygens (including phenoxy) is 2. The molecule has 0 saturated carbocycles. The second-order valence-electron chi connectivity index (χ2n) is 3.63. The lowest BCUT2D eigenvalue weighted by atomic mass is 10.0. The molecule has 1 aromatic carbocycles. The van der Waals surface area contributed by atoms with Crippen LogP contribution in [0.2, 0.25) is 0 Å². The van der Waals surface area contributed by atoms with Crippen LogP contribution in [0.15, 0.2) is 12.1 Å². The molecule has 0 spiro atoms. The lowest BCUT2D eigenvalue weighted by Gasteiger charge is -2.13. The van der Waals surface area contributed by atoms with Crippen LogP contribution in [0.1, 0.15) is 29.3 Å². The second kappa shape index (κ2) is 4.43. The highest BCUT2D eigenvalue weighted by Gasteiger charge is 2.20. The maximum Gasteiger partial charge on any atom is 0.336 e. The van der Waals surface area contributed by atoms with Crippen molar-refractivity contribution >= 4 is 5.97 Å². The van der Waals surface area contributed by atoms with Crippen molar-refractivity contribution in [1.29, 1.82) is 0 Å². The Morgan fingerprint density at radius 3 is 2.81 bits per heavy atom. The molecule has 0 unspecified atom stereocenters. The van der Waals surface area contributed by atoms with Crippen LogP contribution in [0, 0.1) is 0 Å². The van der Waals surface area contributed by atoms with Crippen LogP contribution in [0.3, 0.4) is 0 Å². The van der Waals surface area contributed by atoms with Gasteiger partial charge < -0.3 is 14.6 Å². The lowest BCUT2D eigenvalue weighted by molar-refractivity contribution is 0.0695. The van der Waals surface area contributed by atoms with Crippen molar-refractivity contribution in [2.45, 2.75) is 19.8 Å². The minimum atomic E-state index is -0.924. The minimum absolute atomic E-state index is 0.298. The fourth-order valence-corrected chi connectivity index (χ4v) is 1.84. The monoisotopic (exact) mass is 222 g/mol. The SMILES string of the molecule is CCc1c(C(=O)O)ccc2c1OCCCO2. The number of carboxylic acid groups (broad SMARTS) is 1. The van der Waals surface area contributed by atoms with Gasteiger partial charge in [0.05, 0.1) is 18.8 Å². The summed E-state index contributed by atoms with van der Waals surface area (Å²) >= 11 is 0. The van der Waals surface area contributed by atoms with Gasteiger partial charge in [0.2, 0.25) is 0 Å². The first kappa shape index (κ1) is 10.8. The second-order valence-corrected chi connectivity index (χ2v) is 3.63. The lowest BCUT2D eigenvalue weighted by Crippen LogP contribution is -2.05. The van der Waals surface area contributed by atoms with E-state index in [1.807, 2.05) is 6.92 Å². The maximum absolute atomic E-state index is 11.1. The topological polar surface area (TPSA) is 55.8 Å². The molecular formula is C12H14O4. The number of fused-ring (bicyclic) bond motifs is 1.